The molecule has 0 saturated carbocycles. The molecule has 2 heterocycles. The second-order valence-corrected chi connectivity index (χ2v) is 4.89. The molecule has 0 bridgehead atoms. The highest BCUT2D eigenvalue weighted by molar-refractivity contribution is 5.27. The van der Waals surface area contributed by atoms with Gasteiger partial charge in [-0.1, -0.05) is 13.8 Å². The van der Waals surface area contributed by atoms with Crippen molar-refractivity contribution in [3.8, 4) is 0 Å². The first kappa shape index (κ1) is 12.4. The van der Waals surface area contributed by atoms with Crippen molar-refractivity contribution in [3.63, 3.8) is 0 Å². The molecule has 1 aliphatic rings. The number of piperidine rings is 1. The summed E-state index contributed by atoms with van der Waals surface area (Å²) in [4.78, 5) is 6.65. The fourth-order valence-corrected chi connectivity index (χ4v) is 2.04. The highest BCUT2D eigenvalue weighted by Gasteiger charge is 2.16. The first-order chi connectivity index (χ1) is 8.25. The maximum absolute atomic E-state index is 5.26. The molecule has 5 nitrogen and oxygen atoms in total. The van der Waals surface area contributed by atoms with E-state index in [4.69, 9.17) is 4.52 Å². The van der Waals surface area contributed by atoms with Crippen LogP contribution in [0.15, 0.2) is 4.52 Å². The van der Waals surface area contributed by atoms with Crippen LogP contribution in [0.1, 0.15) is 39.0 Å². The molecule has 0 amide bonds. The van der Waals surface area contributed by atoms with Gasteiger partial charge in [0.15, 0.2) is 0 Å². The van der Waals surface area contributed by atoms with Crippen LogP contribution in [0, 0.1) is 0 Å². The van der Waals surface area contributed by atoms with Crippen LogP contribution in [-0.2, 0) is 6.42 Å². The lowest BCUT2D eigenvalue weighted by atomic mass is 10.1. The van der Waals surface area contributed by atoms with E-state index in [2.05, 4.69) is 34.2 Å². The van der Waals surface area contributed by atoms with Crippen LogP contribution in [0.25, 0.3) is 0 Å². The van der Waals surface area contributed by atoms with E-state index in [9.17, 15) is 0 Å². The summed E-state index contributed by atoms with van der Waals surface area (Å²) in [6.45, 7) is 7.27. The van der Waals surface area contributed by atoms with E-state index in [0.29, 0.717) is 6.04 Å². The molecule has 1 saturated heterocycles. The average Bonchev–Trinajstić information content (AvgIpc) is 2.78. The molecule has 96 valence electrons. The number of nitrogens with one attached hydrogen (secondary N) is 1. The zero-order chi connectivity index (χ0) is 12.1. The van der Waals surface area contributed by atoms with Gasteiger partial charge in [-0.3, -0.25) is 0 Å². The molecule has 5 heteroatoms. The minimum Gasteiger partial charge on any atom is -0.338 e. The summed E-state index contributed by atoms with van der Waals surface area (Å²) < 4.78 is 5.26. The maximum atomic E-state index is 5.26. The molecular weight excluding hydrogens is 216 g/mol. The van der Waals surface area contributed by atoms with Crippen LogP contribution < -0.4 is 10.2 Å². The van der Waals surface area contributed by atoms with E-state index >= 15 is 0 Å². The number of hydrogen-bond acceptors (Lipinski definition) is 5. The largest absolute Gasteiger partial charge is 0.338 e. The van der Waals surface area contributed by atoms with E-state index in [1.807, 2.05) is 0 Å². The Bertz CT molecular complexity index is 331. The second kappa shape index (κ2) is 6.00. The van der Waals surface area contributed by atoms with Gasteiger partial charge in [0.05, 0.1) is 0 Å². The molecule has 0 aliphatic carbocycles. The van der Waals surface area contributed by atoms with Crippen molar-refractivity contribution in [1.82, 2.24) is 15.5 Å². The normalized spacial score (nSPS) is 16.8. The van der Waals surface area contributed by atoms with Crippen molar-refractivity contribution in [3.05, 3.63) is 5.89 Å². The van der Waals surface area contributed by atoms with Crippen LogP contribution in [0.5, 0.6) is 0 Å². The molecule has 0 spiro atoms. The Labute approximate surface area is 103 Å². The first-order valence-corrected chi connectivity index (χ1v) is 6.56. The van der Waals surface area contributed by atoms with Crippen molar-refractivity contribution < 1.29 is 4.52 Å². The van der Waals surface area contributed by atoms with Crippen molar-refractivity contribution in [1.29, 1.82) is 0 Å². The smallest absolute Gasteiger partial charge is 0.266 e. The monoisotopic (exact) mass is 238 g/mol. The van der Waals surface area contributed by atoms with Gasteiger partial charge >= 0.3 is 0 Å². The Morgan fingerprint density at radius 3 is 2.76 bits per heavy atom. The third kappa shape index (κ3) is 3.70. The standard InChI is InChI=1S/C12H22N4O/c1-10(2)13-7-6-11-14-12(15-17-11)16-8-4-3-5-9-16/h10,13H,3-9H2,1-2H3. The second-order valence-electron chi connectivity index (χ2n) is 4.89. The van der Waals surface area contributed by atoms with Gasteiger partial charge in [0.1, 0.15) is 0 Å². The summed E-state index contributed by atoms with van der Waals surface area (Å²) in [7, 11) is 0. The summed E-state index contributed by atoms with van der Waals surface area (Å²) in [6, 6.07) is 0.500. The zero-order valence-corrected chi connectivity index (χ0v) is 10.8. The lowest BCUT2D eigenvalue weighted by molar-refractivity contribution is 0.372. The number of rotatable bonds is 5. The van der Waals surface area contributed by atoms with Crippen molar-refractivity contribution in [2.24, 2.45) is 0 Å². The Kier molecular flexibility index (Phi) is 4.36. The number of aromatic nitrogens is 2. The fourth-order valence-electron chi connectivity index (χ4n) is 2.04. The van der Waals surface area contributed by atoms with Gasteiger partial charge in [-0.25, -0.2) is 0 Å². The molecule has 1 fully saturated rings. The van der Waals surface area contributed by atoms with Crippen LogP contribution in [0.3, 0.4) is 0 Å². The van der Waals surface area contributed by atoms with Gasteiger partial charge in [-0.05, 0) is 24.4 Å². The quantitative estimate of drug-likeness (QED) is 0.844. The van der Waals surface area contributed by atoms with Crippen molar-refractivity contribution >= 4 is 5.95 Å². The molecule has 1 aromatic rings. The van der Waals surface area contributed by atoms with E-state index < -0.39 is 0 Å². The summed E-state index contributed by atoms with van der Waals surface area (Å²) in [5.74, 6) is 1.50. The van der Waals surface area contributed by atoms with Crippen LogP contribution in [0.4, 0.5) is 5.95 Å². The third-order valence-corrected chi connectivity index (χ3v) is 2.99. The average molecular weight is 238 g/mol. The molecular formula is C12H22N4O. The van der Waals surface area contributed by atoms with Gasteiger partial charge in [0.25, 0.3) is 5.95 Å². The molecule has 0 atom stereocenters. The fraction of sp³-hybridized carbons (Fsp3) is 0.833. The minimum atomic E-state index is 0.500. The van der Waals surface area contributed by atoms with Gasteiger partial charge in [-0.15, -0.1) is 0 Å². The number of anilines is 1. The molecule has 1 aliphatic heterocycles. The van der Waals surface area contributed by atoms with Crippen LogP contribution in [-0.4, -0.2) is 35.8 Å². The molecule has 2 rings (SSSR count). The van der Waals surface area contributed by atoms with Crippen molar-refractivity contribution in [2.45, 2.75) is 45.6 Å². The third-order valence-electron chi connectivity index (χ3n) is 2.99. The SMILES string of the molecule is CC(C)NCCc1nc(N2CCCCC2)no1. The summed E-state index contributed by atoms with van der Waals surface area (Å²) >= 11 is 0. The molecule has 0 aromatic carbocycles. The number of hydrogen-bond donors (Lipinski definition) is 1. The summed E-state index contributed by atoms with van der Waals surface area (Å²) in [5.41, 5.74) is 0. The molecule has 1 N–H and O–H groups in total. The first-order valence-electron chi connectivity index (χ1n) is 6.56. The minimum absolute atomic E-state index is 0.500. The summed E-state index contributed by atoms with van der Waals surface area (Å²) in [5, 5.41) is 7.39. The molecule has 0 radical (unpaired) electrons. The maximum Gasteiger partial charge on any atom is 0.266 e. The van der Waals surface area contributed by atoms with Gasteiger partial charge in [0, 0.05) is 32.1 Å². The lowest BCUT2D eigenvalue weighted by Crippen LogP contribution is -2.30. The Morgan fingerprint density at radius 2 is 2.06 bits per heavy atom. The highest BCUT2D eigenvalue weighted by Crippen LogP contribution is 2.16. The van der Waals surface area contributed by atoms with Crippen LogP contribution >= 0.6 is 0 Å². The Balaban J connectivity index is 1.82. The topological polar surface area (TPSA) is 54.2 Å². The van der Waals surface area contributed by atoms with Crippen LogP contribution in [0.2, 0.25) is 0 Å². The molecule has 17 heavy (non-hydrogen) atoms. The predicted octanol–water partition coefficient (Wildman–Crippen LogP) is 1.60. The summed E-state index contributed by atoms with van der Waals surface area (Å²) in [6.07, 6.45) is 4.59. The van der Waals surface area contributed by atoms with E-state index in [1.165, 1.54) is 19.3 Å². The molecule has 1 aromatic heterocycles. The van der Waals surface area contributed by atoms with E-state index in [1.54, 1.807) is 0 Å². The zero-order valence-electron chi connectivity index (χ0n) is 10.8. The van der Waals surface area contributed by atoms with E-state index in [-0.39, 0.29) is 0 Å². The van der Waals surface area contributed by atoms with Gasteiger partial charge < -0.3 is 14.7 Å². The van der Waals surface area contributed by atoms with E-state index in [0.717, 1.165) is 37.9 Å². The van der Waals surface area contributed by atoms with Gasteiger partial charge in [-0.2, -0.15) is 4.98 Å². The highest BCUT2D eigenvalue weighted by atomic mass is 16.5. The van der Waals surface area contributed by atoms with Crippen molar-refractivity contribution in [2.75, 3.05) is 24.5 Å². The number of nitrogens with zero attached hydrogens (tertiary/aromatic N) is 3. The Hall–Kier alpha value is -1.10. The Morgan fingerprint density at radius 1 is 1.29 bits per heavy atom. The lowest BCUT2D eigenvalue weighted by Gasteiger charge is -2.24. The van der Waals surface area contributed by atoms with Gasteiger partial charge in [0.2, 0.25) is 5.89 Å². The molecule has 0 unspecified atom stereocenters. The predicted molar refractivity (Wildman–Crippen MR) is 67.2 cm³/mol.